The van der Waals surface area contributed by atoms with E-state index in [-0.39, 0.29) is 74.2 Å². The maximum absolute atomic E-state index is 5.25. The molecular formula is C95H123N4P2Zr2-5. The van der Waals surface area contributed by atoms with Gasteiger partial charge in [-0.25, -0.2) is 5.91 Å². The standard InChI is InChI=1S/2C23H37N2P.7C7H7.2Zr/c2*1-19(2)25-23(24-18-20-12-6-3-7-13-20)26(21-14-8-4-9-15-21)22-16-10-5-11-17-22;7*1-7-5-3-2-4-6-7;;/h3,6-7,12-13,19,21-22H,4-5,8-11,14-18H2,1-2H3,(H,24,25);3,6-7,12-13,19,21-23H,4-5,8-11,14-18H2,1-2H3;7*2-6H,1H2;;/q;-2;7*-1;;+4. The first-order chi connectivity index (χ1) is 49.2. The second-order valence-corrected chi connectivity index (χ2v) is 32.8. The zero-order valence-electron chi connectivity index (χ0n) is 63.3. The molecular weight excluding hydrogens is 1440 g/mol. The van der Waals surface area contributed by atoms with Gasteiger partial charge in [-0.2, -0.15) is 172 Å². The summed E-state index contributed by atoms with van der Waals surface area (Å²) >= 11 is 0. The average molecular weight is 1570 g/mol. The van der Waals surface area contributed by atoms with Crippen molar-refractivity contribution in [2.45, 2.75) is 210 Å². The number of benzene rings is 9. The predicted octanol–water partition coefficient (Wildman–Crippen LogP) is 27.5. The van der Waals surface area contributed by atoms with E-state index in [1.807, 2.05) is 212 Å². The largest absolute Gasteiger partial charge is 4.00 e. The van der Waals surface area contributed by atoms with E-state index in [4.69, 9.17) is 15.6 Å². The molecule has 4 nitrogen and oxygen atoms in total. The Bertz CT molecular complexity index is 2940. The second kappa shape index (κ2) is 58.3. The van der Waals surface area contributed by atoms with Gasteiger partial charge in [-0.3, -0.25) is 4.99 Å². The maximum atomic E-state index is 5.25. The van der Waals surface area contributed by atoms with Crippen LogP contribution >= 0.6 is 15.8 Å². The Morgan fingerprint density at radius 3 is 0.806 bits per heavy atom. The first-order valence-electron chi connectivity index (χ1n) is 37.6. The first-order valence-corrected chi connectivity index (χ1v) is 40.7. The van der Waals surface area contributed by atoms with Crippen molar-refractivity contribution in [3.8, 4) is 0 Å². The van der Waals surface area contributed by atoms with Gasteiger partial charge in [-0.1, -0.05) is 200 Å². The van der Waals surface area contributed by atoms with Crippen LogP contribution in [-0.2, 0) is 65.5 Å². The van der Waals surface area contributed by atoms with Gasteiger partial charge in [0, 0.05) is 32.2 Å². The zero-order valence-corrected chi connectivity index (χ0v) is 70.0. The van der Waals surface area contributed by atoms with Crippen LogP contribution < -0.4 is 5.32 Å². The summed E-state index contributed by atoms with van der Waals surface area (Å²) in [5.74, 6) is 0.261. The molecule has 1 atom stereocenters. The SMILES string of the molecule is CC(C)NC(=NCc1ccccc1)P(C1CCCCC1)C1CCCCC1.CC(C)[N-]C([N-]Cc1ccccc1)P(C1CCCCC1)C1CCCCC1.[CH2-]c1ccccc1.[CH2-]c1ccccc1.[CH2-]c1ccccc1.[CH2-]c1ccccc1.[CH2-]c1ccccc1.[CH2-]c1ccccc1.[CH2-]c1ccccc1.[Zr+4].[Zr]. The van der Waals surface area contributed by atoms with Crippen molar-refractivity contribution in [1.82, 2.24) is 5.32 Å². The van der Waals surface area contributed by atoms with Crippen molar-refractivity contribution in [3.05, 3.63) is 382 Å². The molecule has 9 aromatic rings. The van der Waals surface area contributed by atoms with Crippen LogP contribution in [0.2, 0.25) is 0 Å². The Kier molecular flexibility index (Phi) is 51.7. The normalized spacial score (nSPS) is 14.7. The molecule has 4 saturated carbocycles. The third-order valence-corrected chi connectivity index (χ3v) is 24.6. The van der Waals surface area contributed by atoms with E-state index in [1.165, 1.54) is 145 Å². The van der Waals surface area contributed by atoms with E-state index in [0.29, 0.717) is 12.1 Å². The van der Waals surface area contributed by atoms with Crippen LogP contribution in [0.25, 0.3) is 10.6 Å². The molecule has 4 fully saturated rings. The molecule has 4 aliphatic rings. The average Bonchev–Trinajstić information content (AvgIpc) is 0.829. The summed E-state index contributed by atoms with van der Waals surface area (Å²) in [6, 6.07) is 91.5. The molecule has 0 aromatic heterocycles. The number of hydrogen-bond acceptors (Lipinski definition) is 1. The minimum Gasteiger partial charge on any atom is -0.672 e. The fourth-order valence-corrected chi connectivity index (χ4v) is 20.3. The van der Waals surface area contributed by atoms with Crippen LogP contribution in [0.15, 0.2) is 278 Å². The summed E-state index contributed by atoms with van der Waals surface area (Å²) in [5.41, 5.74) is 15.2. The van der Waals surface area contributed by atoms with Gasteiger partial charge in [0.25, 0.3) is 0 Å². The summed E-state index contributed by atoms with van der Waals surface area (Å²) in [4.78, 5) is 5.22. The second-order valence-electron chi connectivity index (χ2n) is 27.3. The van der Waals surface area contributed by atoms with Crippen LogP contribution in [0.3, 0.4) is 0 Å². The summed E-state index contributed by atoms with van der Waals surface area (Å²) in [7, 11) is -0.273. The van der Waals surface area contributed by atoms with Crippen molar-refractivity contribution in [1.29, 1.82) is 0 Å². The molecule has 0 radical (unpaired) electrons. The molecule has 8 heteroatoms. The van der Waals surface area contributed by atoms with Crippen molar-refractivity contribution in [3.63, 3.8) is 0 Å². The van der Waals surface area contributed by atoms with Gasteiger partial charge >= 0.3 is 26.2 Å². The van der Waals surface area contributed by atoms with Gasteiger partial charge in [-0.15, -0.1) is 105 Å². The third-order valence-electron chi connectivity index (χ3n) is 17.7. The van der Waals surface area contributed by atoms with E-state index in [9.17, 15) is 0 Å². The van der Waals surface area contributed by atoms with Crippen molar-refractivity contribution in [2.75, 3.05) is 0 Å². The molecule has 0 aliphatic heterocycles. The van der Waals surface area contributed by atoms with Gasteiger partial charge in [0.2, 0.25) is 0 Å². The number of nitrogens with zero attached hydrogens (tertiary/aromatic N) is 3. The number of hydrogen-bond donors (Lipinski definition) is 1. The van der Waals surface area contributed by atoms with Gasteiger partial charge in [0.1, 0.15) is 5.58 Å². The van der Waals surface area contributed by atoms with Crippen molar-refractivity contribution in [2.24, 2.45) is 4.99 Å². The molecule has 103 heavy (non-hydrogen) atoms. The smallest absolute Gasteiger partial charge is 0.672 e. The number of amidine groups is 1. The molecule has 0 heterocycles. The number of rotatable bonds is 14. The molecule has 1 unspecified atom stereocenters. The van der Waals surface area contributed by atoms with Crippen LogP contribution in [0.1, 0.15) is 206 Å². The van der Waals surface area contributed by atoms with Crippen molar-refractivity contribution < 1.29 is 52.4 Å². The van der Waals surface area contributed by atoms with E-state index in [2.05, 4.69) is 142 Å². The van der Waals surface area contributed by atoms with E-state index < -0.39 is 0 Å². The molecule has 1 N–H and O–H groups in total. The van der Waals surface area contributed by atoms with Crippen LogP contribution in [0.5, 0.6) is 0 Å². The molecule has 0 amide bonds. The molecule has 546 valence electrons. The van der Waals surface area contributed by atoms with E-state index in [1.54, 1.807) is 0 Å². The Hall–Kier alpha value is -5.91. The minimum atomic E-state index is -0.150. The van der Waals surface area contributed by atoms with Crippen LogP contribution in [0.4, 0.5) is 0 Å². The quantitative estimate of drug-likeness (QED) is 0.0502. The van der Waals surface area contributed by atoms with Crippen LogP contribution in [0, 0.1) is 48.5 Å². The monoisotopic (exact) mass is 1560 g/mol. The fourth-order valence-electron chi connectivity index (χ4n) is 12.6. The summed E-state index contributed by atoms with van der Waals surface area (Å²) in [5, 5.41) is 14.3. The number of aliphatic imine (C=N–C) groups is 1. The third kappa shape index (κ3) is 43.3. The first kappa shape index (κ1) is 91.3. The molecule has 13 rings (SSSR count). The Balaban J connectivity index is 0.000000325. The molecule has 0 saturated heterocycles. The molecule has 0 bridgehead atoms. The predicted molar refractivity (Wildman–Crippen MR) is 449 cm³/mol. The van der Waals surface area contributed by atoms with E-state index in [0.717, 1.165) is 74.7 Å². The fraction of sp³-hybridized carbons (Fsp3) is 0.347. The van der Waals surface area contributed by atoms with Gasteiger partial charge < -0.3 is 16.0 Å². The molecule has 4 aliphatic carbocycles. The van der Waals surface area contributed by atoms with Crippen molar-refractivity contribution >= 4 is 21.4 Å². The Labute approximate surface area is 670 Å². The number of nitrogens with one attached hydrogen (secondary N) is 1. The molecule has 0 spiro atoms. The van der Waals surface area contributed by atoms with Gasteiger partial charge in [0.15, 0.2) is 0 Å². The molecule has 9 aromatic carbocycles. The summed E-state index contributed by atoms with van der Waals surface area (Å²) in [6.45, 7) is 36.7. The summed E-state index contributed by atoms with van der Waals surface area (Å²) < 4.78 is 0. The Morgan fingerprint density at radius 2 is 0.583 bits per heavy atom. The maximum Gasteiger partial charge on any atom is 4.00 e. The van der Waals surface area contributed by atoms with Gasteiger partial charge in [-0.05, 0) is 101 Å². The van der Waals surface area contributed by atoms with Gasteiger partial charge in [0.05, 0.1) is 6.54 Å². The van der Waals surface area contributed by atoms with Crippen LogP contribution in [-0.4, -0.2) is 46.2 Å². The minimum absolute atomic E-state index is 0. The topological polar surface area (TPSA) is 52.6 Å². The summed E-state index contributed by atoms with van der Waals surface area (Å²) in [6.07, 6.45) is 28.7. The van der Waals surface area contributed by atoms with E-state index >= 15 is 0 Å². The Morgan fingerprint density at radius 1 is 0.350 bits per heavy atom. The zero-order chi connectivity index (χ0) is 72.2.